The highest BCUT2D eigenvalue weighted by Crippen LogP contribution is 2.31. The van der Waals surface area contributed by atoms with Gasteiger partial charge in [0.1, 0.15) is 0 Å². The molecule has 0 amide bonds. The molecule has 0 unspecified atom stereocenters. The van der Waals surface area contributed by atoms with Crippen LogP contribution >= 0.6 is 0 Å². The molecule has 0 aliphatic heterocycles. The number of para-hydroxylation sites is 2. The van der Waals surface area contributed by atoms with E-state index in [4.69, 9.17) is 0 Å². The van der Waals surface area contributed by atoms with Gasteiger partial charge in [-0.2, -0.15) is 0 Å². The summed E-state index contributed by atoms with van der Waals surface area (Å²) in [7, 11) is 0. The van der Waals surface area contributed by atoms with Crippen LogP contribution in [0.1, 0.15) is 6.42 Å². The fourth-order valence-corrected chi connectivity index (χ4v) is 2.21. The number of hydrogen-bond donors (Lipinski definition) is 0. The average molecular weight is 245 g/mol. The molecule has 1 aliphatic carbocycles. The van der Waals surface area contributed by atoms with E-state index < -0.39 is 0 Å². The zero-order chi connectivity index (χ0) is 12.9. The van der Waals surface area contributed by atoms with Crippen molar-refractivity contribution in [1.82, 2.24) is 0 Å². The first-order valence-electron chi connectivity index (χ1n) is 6.46. The molecule has 0 atom stereocenters. The van der Waals surface area contributed by atoms with Crippen LogP contribution < -0.4 is 4.90 Å². The average Bonchev–Trinajstić information content (AvgIpc) is 2.51. The molecule has 0 aromatic heterocycles. The molecule has 1 nitrogen and oxygen atoms in total. The summed E-state index contributed by atoms with van der Waals surface area (Å²) in [4.78, 5) is 2.25. The lowest BCUT2D eigenvalue weighted by atomic mass is 10.1. The smallest absolute Gasteiger partial charge is 0.0458 e. The fourth-order valence-electron chi connectivity index (χ4n) is 2.21. The number of nitrogens with zero attached hydrogens (tertiary/aromatic N) is 1. The largest absolute Gasteiger partial charge is 0.314 e. The third-order valence-electron chi connectivity index (χ3n) is 3.08. The van der Waals surface area contributed by atoms with E-state index in [2.05, 4.69) is 65.9 Å². The van der Waals surface area contributed by atoms with Gasteiger partial charge in [-0.05, 0) is 42.8 Å². The molecule has 0 bridgehead atoms. The van der Waals surface area contributed by atoms with Crippen LogP contribution in [0.5, 0.6) is 0 Å². The summed E-state index contributed by atoms with van der Waals surface area (Å²) in [6.07, 6.45) is 10.4. The molecule has 0 spiro atoms. The van der Waals surface area contributed by atoms with Crippen molar-refractivity contribution in [2.45, 2.75) is 6.42 Å². The summed E-state index contributed by atoms with van der Waals surface area (Å²) in [6.45, 7) is 0. The molecular weight excluding hydrogens is 230 g/mol. The van der Waals surface area contributed by atoms with E-state index in [0.717, 1.165) is 6.42 Å². The second-order valence-corrected chi connectivity index (χ2v) is 4.39. The minimum Gasteiger partial charge on any atom is -0.314 e. The zero-order valence-electron chi connectivity index (χ0n) is 10.7. The van der Waals surface area contributed by atoms with Crippen LogP contribution in [0, 0.1) is 12.5 Å². The first kappa shape index (κ1) is 11.8. The molecule has 92 valence electrons. The standard InChI is InChI=1S/C18H15N/c1-4-10-16(11-5-1)19(17-12-6-2-7-13-17)18-14-8-3-9-15-18/h1-7,10-15H,8H2. The van der Waals surface area contributed by atoms with Crippen molar-refractivity contribution in [2.75, 3.05) is 4.90 Å². The Labute approximate surface area is 114 Å². The lowest BCUT2D eigenvalue weighted by molar-refractivity contribution is 1.08. The minimum absolute atomic E-state index is 0.933. The van der Waals surface area contributed by atoms with Crippen molar-refractivity contribution in [3.05, 3.63) is 91.0 Å². The third kappa shape index (κ3) is 2.60. The molecule has 0 heterocycles. The molecule has 0 N–H and O–H groups in total. The highest BCUT2D eigenvalue weighted by atomic mass is 15.1. The summed E-state index contributed by atoms with van der Waals surface area (Å²) >= 11 is 0. The molecule has 1 heteroatoms. The van der Waals surface area contributed by atoms with Crippen LogP contribution in [0.4, 0.5) is 11.4 Å². The SMILES string of the molecule is [C]1=CC[CH]C(N(c2ccccc2)c2ccccc2)=C1. The molecule has 2 aromatic rings. The second kappa shape index (κ2) is 5.57. The Hall–Kier alpha value is -2.28. The first-order chi connectivity index (χ1) is 9.45. The van der Waals surface area contributed by atoms with E-state index in [-0.39, 0.29) is 0 Å². The Morgan fingerprint density at radius 3 is 1.84 bits per heavy atom. The molecule has 0 fully saturated rings. The van der Waals surface area contributed by atoms with Crippen LogP contribution in [-0.4, -0.2) is 0 Å². The normalized spacial score (nSPS) is 14.0. The van der Waals surface area contributed by atoms with Gasteiger partial charge in [0, 0.05) is 23.5 Å². The van der Waals surface area contributed by atoms with Crippen molar-refractivity contribution in [1.29, 1.82) is 0 Å². The Morgan fingerprint density at radius 2 is 1.37 bits per heavy atom. The van der Waals surface area contributed by atoms with E-state index in [0.29, 0.717) is 0 Å². The zero-order valence-corrected chi connectivity index (χ0v) is 10.7. The second-order valence-electron chi connectivity index (χ2n) is 4.39. The maximum absolute atomic E-state index is 3.19. The van der Waals surface area contributed by atoms with Gasteiger partial charge in [-0.3, -0.25) is 0 Å². The monoisotopic (exact) mass is 245 g/mol. The molecule has 2 aromatic carbocycles. The van der Waals surface area contributed by atoms with Crippen molar-refractivity contribution in [3.8, 4) is 0 Å². The number of allylic oxidation sites excluding steroid dienone is 4. The first-order valence-corrected chi connectivity index (χ1v) is 6.46. The maximum atomic E-state index is 3.19. The number of hydrogen-bond acceptors (Lipinski definition) is 1. The van der Waals surface area contributed by atoms with Crippen LogP contribution in [0.25, 0.3) is 0 Å². The Kier molecular flexibility index (Phi) is 3.46. The minimum atomic E-state index is 0.933. The van der Waals surface area contributed by atoms with Crippen LogP contribution in [0.3, 0.4) is 0 Å². The van der Waals surface area contributed by atoms with Gasteiger partial charge in [0.05, 0.1) is 0 Å². The molecular formula is C18H15N. The van der Waals surface area contributed by atoms with Gasteiger partial charge >= 0.3 is 0 Å². The summed E-state index contributed by atoms with van der Waals surface area (Å²) < 4.78 is 0. The fraction of sp³-hybridized carbons (Fsp3) is 0.0556. The van der Waals surface area contributed by atoms with Crippen molar-refractivity contribution in [2.24, 2.45) is 0 Å². The highest BCUT2D eigenvalue weighted by molar-refractivity contribution is 5.69. The van der Waals surface area contributed by atoms with Gasteiger partial charge in [0.2, 0.25) is 0 Å². The van der Waals surface area contributed by atoms with E-state index in [1.54, 1.807) is 0 Å². The summed E-state index contributed by atoms with van der Waals surface area (Å²) in [5, 5.41) is 0. The number of benzene rings is 2. The Balaban J connectivity index is 2.06. The number of anilines is 2. The van der Waals surface area contributed by atoms with E-state index in [9.17, 15) is 0 Å². The highest BCUT2D eigenvalue weighted by Gasteiger charge is 2.14. The molecule has 19 heavy (non-hydrogen) atoms. The quantitative estimate of drug-likeness (QED) is 0.759. The van der Waals surface area contributed by atoms with Gasteiger partial charge in [0.25, 0.3) is 0 Å². The van der Waals surface area contributed by atoms with Crippen LogP contribution in [0.15, 0.2) is 78.5 Å². The van der Waals surface area contributed by atoms with Crippen LogP contribution in [0.2, 0.25) is 0 Å². The maximum Gasteiger partial charge on any atom is 0.0458 e. The Morgan fingerprint density at radius 1 is 0.789 bits per heavy atom. The van der Waals surface area contributed by atoms with Crippen molar-refractivity contribution in [3.63, 3.8) is 0 Å². The summed E-state index contributed by atoms with van der Waals surface area (Å²) in [5.74, 6) is 0. The summed E-state index contributed by atoms with van der Waals surface area (Å²) in [6, 6.07) is 20.8. The van der Waals surface area contributed by atoms with E-state index >= 15 is 0 Å². The van der Waals surface area contributed by atoms with Crippen molar-refractivity contribution < 1.29 is 0 Å². The molecule has 3 rings (SSSR count). The van der Waals surface area contributed by atoms with Crippen LogP contribution in [-0.2, 0) is 0 Å². The predicted molar refractivity (Wildman–Crippen MR) is 79.8 cm³/mol. The third-order valence-corrected chi connectivity index (χ3v) is 3.08. The lowest BCUT2D eigenvalue weighted by Crippen LogP contribution is -2.17. The predicted octanol–water partition coefficient (Wildman–Crippen LogP) is 4.68. The topological polar surface area (TPSA) is 3.24 Å². The lowest BCUT2D eigenvalue weighted by Gasteiger charge is -2.28. The number of rotatable bonds is 3. The van der Waals surface area contributed by atoms with Gasteiger partial charge in [0.15, 0.2) is 0 Å². The van der Waals surface area contributed by atoms with E-state index in [1.807, 2.05) is 24.3 Å². The van der Waals surface area contributed by atoms with E-state index in [1.165, 1.54) is 17.1 Å². The molecule has 1 aliphatic rings. The Bertz CT molecular complexity index is 542. The van der Waals surface area contributed by atoms with Gasteiger partial charge in [-0.1, -0.05) is 42.5 Å². The van der Waals surface area contributed by atoms with Gasteiger partial charge < -0.3 is 4.90 Å². The van der Waals surface area contributed by atoms with Crippen molar-refractivity contribution >= 4 is 11.4 Å². The molecule has 2 radical (unpaired) electrons. The molecule has 0 saturated carbocycles. The van der Waals surface area contributed by atoms with Gasteiger partial charge in [-0.15, -0.1) is 0 Å². The summed E-state index contributed by atoms with van der Waals surface area (Å²) in [5.41, 5.74) is 3.50. The van der Waals surface area contributed by atoms with Gasteiger partial charge in [-0.25, -0.2) is 0 Å². The molecule has 0 saturated heterocycles.